The van der Waals surface area contributed by atoms with E-state index in [2.05, 4.69) is 20.5 Å². The number of amides is 1. The predicted octanol–water partition coefficient (Wildman–Crippen LogP) is 0.873. The second kappa shape index (κ2) is 5.81. The van der Waals surface area contributed by atoms with E-state index in [4.69, 9.17) is 0 Å². The van der Waals surface area contributed by atoms with Gasteiger partial charge in [0.15, 0.2) is 0 Å². The number of hydrogen-bond acceptors (Lipinski definition) is 4. The third-order valence-electron chi connectivity index (χ3n) is 2.49. The predicted molar refractivity (Wildman–Crippen MR) is 65.1 cm³/mol. The van der Waals surface area contributed by atoms with E-state index in [-0.39, 0.29) is 17.2 Å². The number of aryl methyl sites for hydroxylation is 1. The van der Waals surface area contributed by atoms with E-state index in [9.17, 15) is 9.90 Å². The van der Waals surface area contributed by atoms with Crippen LogP contribution in [0.15, 0.2) is 30.6 Å². The minimum absolute atomic E-state index is 0.00904. The molecule has 0 spiro atoms. The molecule has 0 aliphatic carbocycles. The smallest absolute Gasteiger partial charge is 0.255 e. The van der Waals surface area contributed by atoms with Crippen molar-refractivity contribution in [1.82, 2.24) is 20.5 Å². The van der Waals surface area contributed by atoms with E-state index in [0.29, 0.717) is 6.54 Å². The van der Waals surface area contributed by atoms with Crippen molar-refractivity contribution in [3.63, 3.8) is 0 Å². The largest absolute Gasteiger partial charge is 0.507 e. The molecule has 6 heteroatoms. The summed E-state index contributed by atoms with van der Waals surface area (Å²) >= 11 is 0. The van der Waals surface area contributed by atoms with E-state index in [0.717, 1.165) is 18.7 Å². The minimum atomic E-state index is -0.273. The van der Waals surface area contributed by atoms with Gasteiger partial charge in [-0.05, 0) is 18.6 Å². The maximum atomic E-state index is 11.7. The number of aromatic hydroxyl groups is 1. The zero-order valence-electron chi connectivity index (χ0n) is 9.76. The third-order valence-corrected chi connectivity index (χ3v) is 2.49. The zero-order valence-corrected chi connectivity index (χ0v) is 9.76. The van der Waals surface area contributed by atoms with E-state index in [1.165, 1.54) is 12.4 Å². The van der Waals surface area contributed by atoms with Crippen molar-refractivity contribution in [2.45, 2.75) is 12.8 Å². The lowest BCUT2D eigenvalue weighted by atomic mass is 10.2. The summed E-state index contributed by atoms with van der Waals surface area (Å²) in [6.45, 7) is 0.522. The lowest BCUT2D eigenvalue weighted by Crippen LogP contribution is -2.24. The van der Waals surface area contributed by atoms with Gasteiger partial charge in [0.05, 0.1) is 5.56 Å². The standard InChI is InChI=1S/C12H14N4O2/c17-10-5-2-1-4-9(10)12(18)13-7-3-6-11-14-8-15-16-11/h1-2,4-5,8,17H,3,6-7H2,(H,13,18)(H,14,15,16). The average Bonchev–Trinajstić information content (AvgIpc) is 2.88. The Bertz CT molecular complexity index is 511. The normalized spacial score (nSPS) is 10.2. The Kier molecular flexibility index (Phi) is 3.90. The molecular weight excluding hydrogens is 232 g/mol. The van der Waals surface area contributed by atoms with Crippen molar-refractivity contribution in [2.24, 2.45) is 0 Å². The fourth-order valence-corrected chi connectivity index (χ4v) is 1.57. The quantitative estimate of drug-likeness (QED) is 0.683. The van der Waals surface area contributed by atoms with Gasteiger partial charge in [-0.2, -0.15) is 5.10 Å². The summed E-state index contributed by atoms with van der Waals surface area (Å²) in [4.78, 5) is 15.7. The van der Waals surface area contributed by atoms with Crippen LogP contribution < -0.4 is 5.32 Å². The number of aromatic nitrogens is 3. The highest BCUT2D eigenvalue weighted by Gasteiger charge is 2.08. The van der Waals surface area contributed by atoms with Gasteiger partial charge in [0.2, 0.25) is 0 Å². The summed E-state index contributed by atoms with van der Waals surface area (Å²) in [5.41, 5.74) is 0.289. The van der Waals surface area contributed by atoms with Gasteiger partial charge in [0.25, 0.3) is 5.91 Å². The van der Waals surface area contributed by atoms with Gasteiger partial charge in [-0.1, -0.05) is 12.1 Å². The molecule has 18 heavy (non-hydrogen) atoms. The first-order valence-electron chi connectivity index (χ1n) is 5.68. The van der Waals surface area contributed by atoms with E-state index in [1.54, 1.807) is 18.2 Å². The summed E-state index contributed by atoms with van der Waals surface area (Å²) in [7, 11) is 0. The second-order valence-corrected chi connectivity index (χ2v) is 3.81. The first-order chi connectivity index (χ1) is 8.77. The van der Waals surface area contributed by atoms with Crippen molar-refractivity contribution >= 4 is 5.91 Å². The van der Waals surface area contributed by atoms with Crippen LogP contribution in [0.4, 0.5) is 0 Å². The minimum Gasteiger partial charge on any atom is -0.507 e. The molecule has 0 radical (unpaired) electrons. The molecule has 0 aliphatic rings. The summed E-state index contributed by atoms with van der Waals surface area (Å²) < 4.78 is 0. The number of phenols is 1. The van der Waals surface area contributed by atoms with Crippen LogP contribution in [0, 0.1) is 0 Å². The number of benzene rings is 1. The summed E-state index contributed by atoms with van der Waals surface area (Å²) in [5.74, 6) is 0.516. The molecule has 0 bridgehead atoms. The van der Waals surface area contributed by atoms with Crippen LogP contribution in [0.5, 0.6) is 5.75 Å². The van der Waals surface area contributed by atoms with Crippen LogP contribution in [0.2, 0.25) is 0 Å². The summed E-state index contributed by atoms with van der Waals surface area (Å²) in [6.07, 6.45) is 2.94. The van der Waals surface area contributed by atoms with Crippen molar-refractivity contribution < 1.29 is 9.90 Å². The van der Waals surface area contributed by atoms with Crippen LogP contribution in [-0.4, -0.2) is 32.7 Å². The molecule has 0 unspecified atom stereocenters. The van der Waals surface area contributed by atoms with Crippen LogP contribution in [0.1, 0.15) is 22.6 Å². The molecule has 1 aromatic carbocycles. The molecule has 1 amide bonds. The van der Waals surface area contributed by atoms with Crippen LogP contribution in [0.25, 0.3) is 0 Å². The van der Waals surface area contributed by atoms with Crippen molar-refractivity contribution in [1.29, 1.82) is 0 Å². The van der Waals surface area contributed by atoms with Crippen LogP contribution in [-0.2, 0) is 6.42 Å². The number of nitrogens with one attached hydrogen (secondary N) is 2. The van der Waals surface area contributed by atoms with Crippen molar-refractivity contribution in [3.05, 3.63) is 42.0 Å². The molecule has 0 saturated carbocycles. The Morgan fingerprint density at radius 3 is 2.94 bits per heavy atom. The van der Waals surface area contributed by atoms with E-state index < -0.39 is 0 Å². The van der Waals surface area contributed by atoms with Gasteiger partial charge in [0, 0.05) is 13.0 Å². The molecule has 3 N–H and O–H groups in total. The Morgan fingerprint density at radius 2 is 2.22 bits per heavy atom. The number of hydrogen-bond donors (Lipinski definition) is 3. The highest BCUT2D eigenvalue weighted by atomic mass is 16.3. The number of nitrogens with zero attached hydrogens (tertiary/aromatic N) is 2. The molecule has 2 aromatic rings. The van der Waals surface area contributed by atoms with Gasteiger partial charge in [-0.15, -0.1) is 0 Å². The van der Waals surface area contributed by atoms with Gasteiger partial charge in [0.1, 0.15) is 17.9 Å². The zero-order chi connectivity index (χ0) is 12.8. The highest BCUT2D eigenvalue weighted by molar-refractivity contribution is 5.96. The maximum Gasteiger partial charge on any atom is 0.255 e. The first-order valence-corrected chi connectivity index (χ1v) is 5.68. The number of para-hydroxylation sites is 1. The first kappa shape index (κ1) is 12.1. The Morgan fingerprint density at radius 1 is 1.39 bits per heavy atom. The highest BCUT2D eigenvalue weighted by Crippen LogP contribution is 2.14. The molecule has 0 atom stereocenters. The molecule has 1 heterocycles. The van der Waals surface area contributed by atoms with E-state index in [1.807, 2.05) is 0 Å². The molecule has 0 saturated heterocycles. The number of carbonyl (C=O) groups excluding carboxylic acids is 1. The number of phenolic OH excluding ortho intramolecular Hbond substituents is 1. The molecule has 2 rings (SSSR count). The molecule has 0 fully saturated rings. The number of carbonyl (C=O) groups is 1. The monoisotopic (exact) mass is 246 g/mol. The molecule has 6 nitrogen and oxygen atoms in total. The Hall–Kier alpha value is -2.37. The van der Waals surface area contributed by atoms with Crippen molar-refractivity contribution in [2.75, 3.05) is 6.54 Å². The lowest BCUT2D eigenvalue weighted by molar-refractivity contribution is 0.0950. The third kappa shape index (κ3) is 3.07. The average molecular weight is 246 g/mol. The van der Waals surface area contributed by atoms with Gasteiger partial charge in [-0.25, -0.2) is 4.98 Å². The number of rotatable bonds is 5. The molecular formula is C12H14N4O2. The molecule has 1 aromatic heterocycles. The fraction of sp³-hybridized carbons (Fsp3) is 0.250. The fourth-order valence-electron chi connectivity index (χ4n) is 1.57. The van der Waals surface area contributed by atoms with Gasteiger partial charge >= 0.3 is 0 Å². The molecule has 94 valence electrons. The van der Waals surface area contributed by atoms with Crippen molar-refractivity contribution in [3.8, 4) is 5.75 Å². The van der Waals surface area contributed by atoms with Crippen LogP contribution >= 0.6 is 0 Å². The summed E-state index contributed by atoms with van der Waals surface area (Å²) in [5, 5.41) is 18.7. The van der Waals surface area contributed by atoms with Gasteiger partial charge < -0.3 is 10.4 Å². The van der Waals surface area contributed by atoms with Gasteiger partial charge in [-0.3, -0.25) is 9.89 Å². The lowest BCUT2D eigenvalue weighted by Gasteiger charge is -2.05. The SMILES string of the molecule is O=C(NCCCc1ncn[nH]1)c1ccccc1O. The Balaban J connectivity index is 1.77. The maximum absolute atomic E-state index is 11.7. The Labute approximate surface area is 104 Å². The van der Waals surface area contributed by atoms with E-state index >= 15 is 0 Å². The van der Waals surface area contributed by atoms with Crippen LogP contribution in [0.3, 0.4) is 0 Å². The topological polar surface area (TPSA) is 90.9 Å². The number of H-pyrrole nitrogens is 1. The summed E-state index contributed by atoms with van der Waals surface area (Å²) in [6, 6.07) is 6.46. The molecule has 0 aliphatic heterocycles. The second-order valence-electron chi connectivity index (χ2n) is 3.81. The number of aromatic amines is 1.